The minimum atomic E-state index is -0.248. The molecule has 0 N–H and O–H groups in total. The van der Waals surface area contributed by atoms with E-state index in [1.54, 1.807) is 13.4 Å². The molecule has 0 amide bonds. The Kier molecular flexibility index (Phi) is 3.18. The van der Waals surface area contributed by atoms with Crippen molar-refractivity contribution in [3.63, 3.8) is 0 Å². The molecule has 23 heavy (non-hydrogen) atoms. The van der Waals surface area contributed by atoms with Crippen LogP contribution in [0.4, 0.5) is 0 Å². The highest BCUT2D eigenvalue weighted by molar-refractivity contribution is 6.11. The number of furan rings is 1. The van der Waals surface area contributed by atoms with E-state index in [4.69, 9.17) is 9.15 Å². The summed E-state index contributed by atoms with van der Waals surface area (Å²) in [5.41, 5.74) is 1.66. The van der Waals surface area contributed by atoms with E-state index in [1.165, 1.54) is 0 Å². The van der Waals surface area contributed by atoms with Gasteiger partial charge < -0.3 is 9.15 Å². The summed E-state index contributed by atoms with van der Waals surface area (Å²) in [4.78, 5) is 23.8. The van der Waals surface area contributed by atoms with Crippen molar-refractivity contribution < 1.29 is 18.7 Å². The van der Waals surface area contributed by atoms with Gasteiger partial charge in [-0.25, -0.2) is 0 Å². The highest BCUT2D eigenvalue weighted by atomic mass is 16.5. The van der Waals surface area contributed by atoms with Crippen molar-refractivity contribution in [3.8, 4) is 5.75 Å². The summed E-state index contributed by atoms with van der Waals surface area (Å²) >= 11 is 0. The van der Waals surface area contributed by atoms with Crippen LogP contribution in [0.2, 0.25) is 0 Å². The van der Waals surface area contributed by atoms with Gasteiger partial charge in [0.1, 0.15) is 22.9 Å². The fourth-order valence-electron chi connectivity index (χ4n) is 3.45. The highest BCUT2D eigenvalue weighted by Crippen LogP contribution is 2.38. The number of hydrogen-bond donors (Lipinski definition) is 0. The predicted molar refractivity (Wildman–Crippen MR) is 86.9 cm³/mol. The van der Waals surface area contributed by atoms with Crippen molar-refractivity contribution in [3.05, 3.63) is 42.2 Å². The lowest BCUT2D eigenvalue weighted by molar-refractivity contribution is -0.130. The summed E-state index contributed by atoms with van der Waals surface area (Å²) in [6, 6.07) is 9.77. The zero-order valence-electron chi connectivity index (χ0n) is 12.8. The lowest BCUT2D eigenvalue weighted by atomic mass is 9.81. The highest BCUT2D eigenvalue weighted by Gasteiger charge is 2.31. The molecule has 4 rings (SSSR count). The zero-order chi connectivity index (χ0) is 16.0. The maximum absolute atomic E-state index is 12.3. The van der Waals surface area contributed by atoms with E-state index in [2.05, 4.69) is 0 Å². The molecule has 1 unspecified atom stereocenters. The summed E-state index contributed by atoms with van der Waals surface area (Å²) < 4.78 is 10.9. The lowest BCUT2D eigenvalue weighted by Gasteiger charge is -2.19. The Morgan fingerprint density at radius 3 is 2.83 bits per heavy atom. The Balaban J connectivity index is 1.92. The fourth-order valence-corrected chi connectivity index (χ4v) is 3.45. The third-order valence-corrected chi connectivity index (χ3v) is 4.64. The molecule has 0 saturated heterocycles. The molecule has 0 aliphatic heterocycles. The van der Waals surface area contributed by atoms with E-state index in [0.717, 1.165) is 33.1 Å². The van der Waals surface area contributed by atoms with Gasteiger partial charge in [-0.05, 0) is 41.5 Å². The van der Waals surface area contributed by atoms with Gasteiger partial charge in [-0.15, -0.1) is 0 Å². The molecule has 0 bridgehead atoms. The first-order valence-corrected chi connectivity index (χ1v) is 7.69. The third-order valence-electron chi connectivity index (χ3n) is 4.64. The number of carbonyl (C=O) groups is 2. The molecule has 4 nitrogen and oxygen atoms in total. The summed E-state index contributed by atoms with van der Waals surface area (Å²) in [5.74, 6) is 0.575. The largest absolute Gasteiger partial charge is 0.497 e. The molecule has 1 saturated carbocycles. The van der Waals surface area contributed by atoms with Crippen LogP contribution < -0.4 is 4.74 Å². The SMILES string of the molecule is COc1ccc2c(ccc3occ(C4CCC(=O)CC4=O)c32)c1. The van der Waals surface area contributed by atoms with Gasteiger partial charge in [-0.3, -0.25) is 9.59 Å². The van der Waals surface area contributed by atoms with Crippen molar-refractivity contribution >= 4 is 33.3 Å². The number of hydrogen-bond acceptors (Lipinski definition) is 4. The minimum Gasteiger partial charge on any atom is -0.497 e. The van der Waals surface area contributed by atoms with Gasteiger partial charge in [-0.1, -0.05) is 6.07 Å². The molecule has 3 aromatic rings. The molecule has 2 aromatic carbocycles. The van der Waals surface area contributed by atoms with Crippen molar-refractivity contribution in [1.29, 1.82) is 0 Å². The monoisotopic (exact) mass is 308 g/mol. The Morgan fingerprint density at radius 2 is 2.04 bits per heavy atom. The van der Waals surface area contributed by atoms with Crippen LogP contribution in [0.1, 0.15) is 30.7 Å². The lowest BCUT2D eigenvalue weighted by Crippen LogP contribution is -2.22. The molecular weight excluding hydrogens is 292 g/mol. The molecule has 1 atom stereocenters. The van der Waals surface area contributed by atoms with Crippen molar-refractivity contribution in [2.75, 3.05) is 7.11 Å². The normalized spacial score (nSPS) is 18.7. The zero-order valence-corrected chi connectivity index (χ0v) is 12.8. The van der Waals surface area contributed by atoms with Gasteiger partial charge in [0.15, 0.2) is 0 Å². The smallest absolute Gasteiger partial charge is 0.147 e. The molecule has 0 spiro atoms. The van der Waals surface area contributed by atoms with Crippen molar-refractivity contribution in [1.82, 2.24) is 0 Å². The first-order valence-electron chi connectivity index (χ1n) is 7.69. The van der Waals surface area contributed by atoms with E-state index in [9.17, 15) is 9.59 Å². The van der Waals surface area contributed by atoms with E-state index in [-0.39, 0.29) is 23.9 Å². The topological polar surface area (TPSA) is 56.5 Å². The summed E-state index contributed by atoms with van der Waals surface area (Å²) in [5, 5.41) is 3.05. The first kappa shape index (κ1) is 14.0. The summed E-state index contributed by atoms with van der Waals surface area (Å²) in [7, 11) is 1.64. The number of carbonyl (C=O) groups excluding carboxylic acids is 2. The molecule has 1 aromatic heterocycles. The van der Waals surface area contributed by atoms with Crippen LogP contribution in [0, 0.1) is 0 Å². The molecule has 1 fully saturated rings. The van der Waals surface area contributed by atoms with E-state index >= 15 is 0 Å². The quantitative estimate of drug-likeness (QED) is 0.671. The second-order valence-corrected chi connectivity index (χ2v) is 5.99. The van der Waals surface area contributed by atoms with E-state index in [0.29, 0.717) is 12.8 Å². The van der Waals surface area contributed by atoms with Gasteiger partial charge in [-0.2, -0.15) is 0 Å². The molecule has 4 heteroatoms. The van der Waals surface area contributed by atoms with Crippen LogP contribution in [0.15, 0.2) is 41.0 Å². The second kappa shape index (κ2) is 5.23. The number of benzene rings is 2. The van der Waals surface area contributed by atoms with Crippen molar-refractivity contribution in [2.24, 2.45) is 0 Å². The van der Waals surface area contributed by atoms with Crippen LogP contribution in [-0.4, -0.2) is 18.7 Å². The van der Waals surface area contributed by atoms with E-state index in [1.807, 2.05) is 30.3 Å². The Bertz CT molecular complexity index is 935. The molecule has 116 valence electrons. The Labute approximate surface area is 133 Å². The maximum atomic E-state index is 12.3. The average molecular weight is 308 g/mol. The van der Waals surface area contributed by atoms with Crippen LogP contribution in [0.5, 0.6) is 5.75 Å². The van der Waals surface area contributed by atoms with Gasteiger partial charge in [0.25, 0.3) is 0 Å². The summed E-state index contributed by atoms with van der Waals surface area (Å²) in [6.45, 7) is 0. The van der Waals surface area contributed by atoms with Gasteiger partial charge in [0.2, 0.25) is 0 Å². The minimum absolute atomic E-state index is 0.00513. The Hall–Kier alpha value is -2.62. The predicted octanol–water partition coefficient (Wildman–Crippen LogP) is 4.00. The molecule has 0 radical (unpaired) electrons. The maximum Gasteiger partial charge on any atom is 0.147 e. The van der Waals surface area contributed by atoms with Gasteiger partial charge >= 0.3 is 0 Å². The van der Waals surface area contributed by atoms with Crippen LogP contribution in [0.25, 0.3) is 21.7 Å². The number of methoxy groups -OCH3 is 1. The number of fused-ring (bicyclic) bond motifs is 3. The van der Waals surface area contributed by atoms with Crippen LogP contribution in [-0.2, 0) is 9.59 Å². The number of ether oxygens (including phenoxy) is 1. The number of rotatable bonds is 2. The average Bonchev–Trinajstić information content (AvgIpc) is 2.98. The summed E-state index contributed by atoms with van der Waals surface area (Å²) in [6.07, 6.45) is 2.74. The Morgan fingerprint density at radius 1 is 1.17 bits per heavy atom. The molecule has 1 aliphatic rings. The molecular formula is C19H16O4. The van der Waals surface area contributed by atoms with Crippen LogP contribution >= 0.6 is 0 Å². The number of Topliss-reactive ketones (excluding diaryl/α,β-unsaturated/α-hetero) is 2. The van der Waals surface area contributed by atoms with E-state index < -0.39 is 0 Å². The van der Waals surface area contributed by atoms with Gasteiger partial charge in [0.05, 0.1) is 19.8 Å². The van der Waals surface area contributed by atoms with Crippen molar-refractivity contribution in [2.45, 2.75) is 25.2 Å². The standard InChI is InChI=1S/C19H16O4/c1-22-13-4-6-14-11(8-13)2-7-18-19(14)16(10-23-18)15-5-3-12(20)9-17(15)21/h2,4,6-8,10,15H,3,5,9H2,1H3. The first-order chi connectivity index (χ1) is 11.2. The fraction of sp³-hybridized carbons (Fsp3) is 0.263. The van der Waals surface area contributed by atoms with Crippen LogP contribution in [0.3, 0.4) is 0 Å². The second-order valence-electron chi connectivity index (χ2n) is 5.99. The van der Waals surface area contributed by atoms with Gasteiger partial charge in [0, 0.05) is 23.3 Å². The third kappa shape index (κ3) is 2.22. The molecule has 1 heterocycles. The number of ketones is 2. The molecule has 1 aliphatic carbocycles.